The van der Waals surface area contributed by atoms with Gasteiger partial charge in [-0.05, 0) is 37.0 Å². The molecule has 0 saturated carbocycles. The molecule has 1 amide bonds. The maximum atomic E-state index is 12.7. The number of nitrogens with zero attached hydrogens (tertiary/aromatic N) is 2. The van der Waals surface area contributed by atoms with Crippen LogP contribution in [0.4, 0.5) is 5.69 Å². The molecule has 126 valence electrons. The first-order valence-corrected chi connectivity index (χ1v) is 8.58. The molecule has 0 atom stereocenters. The second kappa shape index (κ2) is 6.65. The van der Waals surface area contributed by atoms with Crippen molar-refractivity contribution in [3.05, 3.63) is 46.8 Å². The molecule has 0 unspecified atom stereocenters. The Morgan fingerprint density at radius 2 is 2.08 bits per heavy atom. The van der Waals surface area contributed by atoms with Crippen LogP contribution in [0, 0.1) is 0 Å². The van der Waals surface area contributed by atoms with Gasteiger partial charge in [0.05, 0.1) is 31.0 Å². The summed E-state index contributed by atoms with van der Waals surface area (Å²) in [7, 11) is 0. The number of hydrogen-bond donors (Lipinski definition) is 2. The Hall–Kier alpha value is -2.34. The van der Waals surface area contributed by atoms with Crippen LogP contribution in [0.25, 0.3) is 0 Å². The molecule has 24 heavy (non-hydrogen) atoms. The molecule has 0 bridgehead atoms. The highest BCUT2D eigenvalue weighted by molar-refractivity contribution is 5.99. The van der Waals surface area contributed by atoms with Gasteiger partial charge in [-0.1, -0.05) is 12.1 Å². The molecule has 1 fully saturated rings. The predicted molar refractivity (Wildman–Crippen MR) is 91.3 cm³/mol. The first-order chi connectivity index (χ1) is 11.8. The van der Waals surface area contributed by atoms with Crippen LogP contribution < -0.4 is 10.2 Å². The smallest absolute Gasteiger partial charge is 0.253 e. The second-order valence-corrected chi connectivity index (χ2v) is 6.28. The van der Waals surface area contributed by atoms with Gasteiger partial charge in [-0.15, -0.1) is 0 Å². The van der Waals surface area contributed by atoms with E-state index in [9.17, 15) is 4.79 Å². The van der Waals surface area contributed by atoms with E-state index in [0.29, 0.717) is 25.3 Å². The third kappa shape index (κ3) is 2.89. The number of carbonyl (C=O) groups is 1. The fourth-order valence-electron chi connectivity index (χ4n) is 3.54. The van der Waals surface area contributed by atoms with Gasteiger partial charge in [0.15, 0.2) is 0 Å². The minimum absolute atomic E-state index is 0.0492. The van der Waals surface area contributed by atoms with Crippen molar-refractivity contribution in [3.8, 4) is 0 Å². The Balaban J connectivity index is 1.48. The zero-order chi connectivity index (χ0) is 16.4. The molecule has 0 spiro atoms. The summed E-state index contributed by atoms with van der Waals surface area (Å²) in [6, 6.07) is 7.77. The lowest BCUT2D eigenvalue weighted by atomic mass is 10.1. The predicted octanol–water partition coefficient (Wildman–Crippen LogP) is 1.66. The number of aromatic amines is 1. The fraction of sp³-hybridized carbons (Fsp3) is 0.444. The average Bonchev–Trinajstić information content (AvgIpc) is 3.24. The molecule has 1 saturated heterocycles. The molecule has 1 aliphatic heterocycles. The van der Waals surface area contributed by atoms with Crippen molar-refractivity contribution in [2.45, 2.75) is 25.8 Å². The van der Waals surface area contributed by atoms with E-state index in [1.807, 2.05) is 24.3 Å². The number of para-hydroxylation sites is 1. The van der Waals surface area contributed by atoms with Gasteiger partial charge in [-0.3, -0.25) is 9.89 Å². The third-order valence-corrected chi connectivity index (χ3v) is 4.81. The van der Waals surface area contributed by atoms with Crippen LogP contribution >= 0.6 is 0 Å². The van der Waals surface area contributed by atoms with E-state index in [1.54, 1.807) is 0 Å². The largest absolute Gasteiger partial charge is 0.378 e. The van der Waals surface area contributed by atoms with Gasteiger partial charge in [0, 0.05) is 24.5 Å². The van der Waals surface area contributed by atoms with E-state index in [0.717, 1.165) is 37.3 Å². The summed E-state index contributed by atoms with van der Waals surface area (Å²) < 4.78 is 5.41. The number of nitrogens with one attached hydrogen (secondary N) is 2. The zero-order valence-electron chi connectivity index (χ0n) is 13.7. The van der Waals surface area contributed by atoms with Crippen molar-refractivity contribution >= 4 is 11.6 Å². The topological polar surface area (TPSA) is 70.2 Å². The van der Waals surface area contributed by atoms with Crippen molar-refractivity contribution in [2.75, 3.05) is 31.2 Å². The Morgan fingerprint density at radius 1 is 1.25 bits per heavy atom. The average molecular weight is 326 g/mol. The minimum Gasteiger partial charge on any atom is -0.378 e. The first-order valence-electron chi connectivity index (χ1n) is 8.58. The van der Waals surface area contributed by atoms with Crippen LogP contribution in [0.2, 0.25) is 0 Å². The maximum absolute atomic E-state index is 12.7. The number of amides is 1. The van der Waals surface area contributed by atoms with Crippen LogP contribution in [0.15, 0.2) is 24.3 Å². The van der Waals surface area contributed by atoms with Crippen molar-refractivity contribution < 1.29 is 9.53 Å². The summed E-state index contributed by atoms with van der Waals surface area (Å²) in [5.74, 6) is -0.0492. The van der Waals surface area contributed by atoms with Crippen molar-refractivity contribution in [1.82, 2.24) is 15.5 Å². The van der Waals surface area contributed by atoms with E-state index in [-0.39, 0.29) is 5.91 Å². The molecule has 2 heterocycles. The zero-order valence-corrected chi connectivity index (χ0v) is 13.7. The number of aromatic nitrogens is 2. The Bertz CT molecular complexity index is 734. The van der Waals surface area contributed by atoms with Crippen molar-refractivity contribution in [2.24, 2.45) is 0 Å². The molecular weight excluding hydrogens is 304 g/mol. The van der Waals surface area contributed by atoms with Gasteiger partial charge in [0.1, 0.15) is 0 Å². The normalized spacial score (nSPS) is 16.9. The van der Waals surface area contributed by atoms with Crippen LogP contribution in [0.1, 0.15) is 33.7 Å². The second-order valence-electron chi connectivity index (χ2n) is 6.28. The molecule has 1 aromatic carbocycles. The Morgan fingerprint density at radius 3 is 2.96 bits per heavy atom. The highest BCUT2D eigenvalue weighted by atomic mass is 16.5. The summed E-state index contributed by atoms with van der Waals surface area (Å²) in [4.78, 5) is 14.9. The molecule has 2 aromatic rings. The number of H-pyrrole nitrogens is 1. The van der Waals surface area contributed by atoms with E-state index >= 15 is 0 Å². The van der Waals surface area contributed by atoms with Crippen LogP contribution in [-0.4, -0.2) is 42.4 Å². The van der Waals surface area contributed by atoms with Crippen LogP contribution in [0.5, 0.6) is 0 Å². The van der Waals surface area contributed by atoms with Crippen LogP contribution in [-0.2, 0) is 24.1 Å². The molecule has 2 N–H and O–H groups in total. The highest BCUT2D eigenvalue weighted by Crippen LogP contribution is 2.24. The van der Waals surface area contributed by atoms with Gasteiger partial charge in [-0.2, -0.15) is 5.10 Å². The summed E-state index contributed by atoms with van der Waals surface area (Å²) in [5.41, 5.74) is 5.18. The number of fused-ring (bicyclic) bond motifs is 1. The molecule has 2 aliphatic rings. The standard InChI is InChI=1S/C18H22N4O2/c23-18(19-12-16-13-5-3-6-15(13)20-21-16)14-4-1-2-7-17(14)22-8-10-24-11-9-22/h1-2,4,7H,3,5-6,8-12H2,(H,19,23)(H,20,21). The summed E-state index contributed by atoms with van der Waals surface area (Å²) in [5, 5.41) is 10.5. The molecule has 0 radical (unpaired) electrons. The maximum Gasteiger partial charge on any atom is 0.253 e. The minimum atomic E-state index is -0.0492. The van der Waals surface area contributed by atoms with E-state index in [2.05, 4.69) is 20.4 Å². The van der Waals surface area contributed by atoms with Crippen molar-refractivity contribution in [1.29, 1.82) is 0 Å². The van der Waals surface area contributed by atoms with Crippen molar-refractivity contribution in [3.63, 3.8) is 0 Å². The van der Waals surface area contributed by atoms with E-state index < -0.39 is 0 Å². The number of hydrogen-bond acceptors (Lipinski definition) is 4. The number of anilines is 1. The molecule has 1 aliphatic carbocycles. The summed E-state index contributed by atoms with van der Waals surface area (Å²) in [6.07, 6.45) is 3.29. The molecule has 6 nitrogen and oxygen atoms in total. The Kier molecular flexibility index (Phi) is 4.21. The third-order valence-electron chi connectivity index (χ3n) is 4.81. The molecular formula is C18H22N4O2. The van der Waals surface area contributed by atoms with Gasteiger partial charge in [0.2, 0.25) is 0 Å². The summed E-state index contributed by atoms with van der Waals surface area (Å²) in [6.45, 7) is 3.52. The number of benzene rings is 1. The van der Waals surface area contributed by atoms with Gasteiger partial charge in [-0.25, -0.2) is 0 Å². The number of rotatable bonds is 4. The number of carbonyl (C=O) groups excluding carboxylic acids is 1. The number of morpholine rings is 1. The monoisotopic (exact) mass is 326 g/mol. The first kappa shape index (κ1) is 15.2. The highest BCUT2D eigenvalue weighted by Gasteiger charge is 2.21. The lowest BCUT2D eigenvalue weighted by molar-refractivity contribution is 0.0949. The lowest BCUT2D eigenvalue weighted by Gasteiger charge is -2.30. The number of ether oxygens (including phenoxy) is 1. The number of aryl methyl sites for hydroxylation is 1. The lowest BCUT2D eigenvalue weighted by Crippen LogP contribution is -2.37. The molecule has 6 heteroatoms. The molecule has 4 rings (SSSR count). The van der Waals surface area contributed by atoms with Gasteiger partial charge < -0.3 is 15.0 Å². The van der Waals surface area contributed by atoms with Gasteiger partial charge in [0.25, 0.3) is 5.91 Å². The van der Waals surface area contributed by atoms with Gasteiger partial charge >= 0.3 is 0 Å². The van der Waals surface area contributed by atoms with E-state index in [1.165, 1.54) is 17.7 Å². The summed E-state index contributed by atoms with van der Waals surface area (Å²) >= 11 is 0. The fourth-order valence-corrected chi connectivity index (χ4v) is 3.54. The van der Waals surface area contributed by atoms with E-state index in [4.69, 9.17) is 4.74 Å². The quantitative estimate of drug-likeness (QED) is 0.896. The molecule has 1 aromatic heterocycles. The van der Waals surface area contributed by atoms with Crippen LogP contribution in [0.3, 0.4) is 0 Å². The SMILES string of the molecule is O=C(NCc1n[nH]c2c1CCC2)c1ccccc1N1CCOCC1. The Labute approximate surface area is 141 Å².